The third-order valence-corrected chi connectivity index (χ3v) is 5.57. The van der Waals surface area contributed by atoms with Gasteiger partial charge in [-0.2, -0.15) is 0 Å². The zero-order valence-electron chi connectivity index (χ0n) is 11.3. The van der Waals surface area contributed by atoms with Gasteiger partial charge >= 0.3 is 0 Å². The van der Waals surface area contributed by atoms with Gasteiger partial charge in [-0.25, -0.2) is 0 Å². The van der Waals surface area contributed by atoms with Crippen molar-refractivity contribution in [3.8, 4) is 9.88 Å². The molecule has 2 N–H and O–H groups in total. The van der Waals surface area contributed by atoms with Crippen LogP contribution in [0.4, 0.5) is 0 Å². The van der Waals surface area contributed by atoms with Crippen LogP contribution < -0.4 is 5.73 Å². The van der Waals surface area contributed by atoms with E-state index in [0.717, 1.165) is 15.6 Å². The van der Waals surface area contributed by atoms with E-state index in [9.17, 15) is 0 Å². The van der Waals surface area contributed by atoms with Crippen molar-refractivity contribution < 1.29 is 0 Å². The van der Waals surface area contributed by atoms with E-state index in [1.165, 1.54) is 15.3 Å². The van der Waals surface area contributed by atoms with Crippen LogP contribution in [0.3, 0.4) is 0 Å². The molecule has 1 aromatic carbocycles. The first kappa shape index (κ1) is 13.4. The second-order valence-electron chi connectivity index (χ2n) is 4.68. The summed E-state index contributed by atoms with van der Waals surface area (Å²) < 4.78 is 0. The summed E-state index contributed by atoms with van der Waals surface area (Å²) in [7, 11) is 0. The average Bonchev–Trinajstić information content (AvgIpc) is 3.07. The number of thiophene rings is 1. The second-order valence-corrected chi connectivity index (χ2v) is 6.95. The van der Waals surface area contributed by atoms with Crippen LogP contribution in [0, 0.1) is 13.8 Å². The predicted octanol–water partition coefficient (Wildman–Crippen LogP) is 3.93. The van der Waals surface area contributed by atoms with Gasteiger partial charge in [0.25, 0.3) is 0 Å². The zero-order valence-corrected chi connectivity index (χ0v) is 13.0. The van der Waals surface area contributed by atoms with Gasteiger partial charge in [0.05, 0.1) is 10.9 Å². The molecular weight excluding hydrogens is 286 g/mol. The van der Waals surface area contributed by atoms with E-state index in [0.29, 0.717) is 0 Å². The first-order valence-electron chi connectivity index (χ1n) is 6.36. The summed E-state index contributed by atoms with van der Waals surface area (Å²) in [5.41, 5.74) is 8.62. The molecule has 0 amide bonds. The van der Waals surface area contributed by atoms with Gasteiger partial charge in [0.2, 0.25) is 0 Å². The van der Waals surface area contributed by atoms with Gasteiger partial charge < -0.3 is 5.73 Å². The van der Waals surface area contributed by atoms with E-state index in [4.69, 9.17) is 5.73 Å². The Balaban J connectivity index is 1.90. The Morgan fingerprint density at radius 1 is 1.05 bits per heavy atom. The monoisotopic (exact) mass is 301 g/mol. The smallest absolute Gasteiger partial charge is 0.157 e. The van der Waals surface area contributed by atoms with Crippen LogP contribution in [0.5, 0.6) is 0 Å². The maximum Gasteiger partial charge on any atom is 0.157 e. The summed E-state index contributed by atoms with van der Waals surface area (Å²) in [6.07, 6.45) is 0. The largest absolute Gasteiger partial charge is 0.318 e. The minimum Gasteiger partial charge on any atom is -0.318 e. The number of benzene rings is 1. The van der Waals surface area contributed by atoms with Crippen LogP contribution >= 0.6 is 22.7 Å². The van der Waals surface area contributed by atoms with Crippen molar-refractivity contribution in [2.45, 2.75) is 19.9 Å². The lowest BCUT2D eigenvalue weighted by atomic mass is 10.1. The molecule has 0 spiro atoms. The molecule has 0 saturated heterocycles. The van der Waals surface area contributed by atoms with Crippen LogP contribution in [-0.4, -0.2) is 10.2 Å². The summed E-state index contributed by atoms with van der Waals surface area (Å²) in [6, 6.07) is 12.0. The SMILES string of the molecule is Cc1cc(-c2nnc(C(N)c3ccccc3)s2)sc1C. The van der Waals surface area contributed by atoms with Crippen LogP contribution in [0.2, 0.25) is 0 Å². The highest BCUT2D eigenvalue weighted by atomic mass is 32.1. The van der Waals surface area contributed by atoms with Gasteiger partial charge in [0.1, 0.15) is 5.01 Å². The molecule has 0 aliphatic rings. The van der Waals surface area contributed by atoms with Gasteiger partial charge in [0.15, 0.2) is 5.01 Å². The molecule has 5 heteroatoms. The predicted molar refractivity (Wildman–Crippen MR) is 85.2 cm³/mol. The Hall–Kier alpha value is -1.56. The Kier molecular flexibility index (Phi) is 3.65. The summed E-state index contributed by atoms with van der Waals surface area (Å²) in [5.74, 6) is 0. The maximum absolute atomic E-state index is 6.25. The minimum atomic E-state index is -0.204. The van der Waals surface area contributed by atoms with E-state index in [1.54, 1.807) is 22.7 Å². The second kappa shape index (κ2) is 5.44. The molecule has 102 valence electrons. The third kappa shape index (κ3) is 2.52. The first-order valence-corrected chi connectivity index (χ1v) is 8.00. The summed E-state index contributed by atoms with van der Waals surface area (Å²) in [4.78, 5) is 2.49. The molecule has 3 nitrogen and oxygen atoms in total. The average molecular weight is 301 g/mol. The van der Waals surface area contributed by atoms with Gasteiger partial charge in [-0.15, -0.1) is 21.5 Å². The Morgan fingerprint density at radius 2 is 1.80 bits per heavy atom. The van der Waals surface area contributed by atoms with Gasteiger partial charge in [-0.3, -0.25) is 0 Å². The van der Waals surface area contributed by atoms with E-state index >= 15 is 0 Å². The van der Waals surface area contributed by atoms with Gasteiger partial charge in [-0.1, -0.05) is 41.7 Å². The highest BCUT2D eigenvalue weighted by molar-refractivity contribution is 7.21. The molecule has 0 aliphatic carbocycles. The number of aromatic nitrogens is 2. The normalized spacial score (nSPS) is 12.6. The molecular formula is C15H15N3S2. The molecule has 1 atom stereocenters. The molecule has 3 rings (SSSR count). The number of hydrogen-bond donors (Lipinski definition) is 1. The van der Waals surface area contributed by atoms with Crippen molar-refractivity contribution in [2.75, 3.05) is 0 Å². The summed E-state index contributed by atoms with van der Waals surface area (Å²) in [5, 5.41) is 10.4. The fourth-order valence-electron chi connectivity index (χ4n) is 1.94. The van der Waals surface area contributed by atoms with E-state index < -0.39 is 0 Å². The van der Waals surface area contributed by atoms with Crippen molar-refractivity contribution in [1.29, 1.82) is 0 Å². The van der Waals surface area contributed by atoms with E-state index in [1.807, 2.05) is 30.3 Å². The van der Waals surface area contributed by atoms with Crippen LogP contribution in [0.25, 0.3) is 9.88 Å². The molecule has 0 saturated carbocycles. The van der Waals surface area contributed by atoms with Crippen LogP contribution in [0.1, 0.15) is 27.1 Å². The Morgan fingerprint density at radius 3 is 2.45 bits per heavy atom. The molecule has 0 radical (unpaired) electrons. The molecule has 3 aromatic rings. The Labute approximate surface area is 126 Å². The third-order valence-electron chi connectivity index (χ3n) is 3.24. The van der Waals surface area contributed by atoms with Crippen molar-refractivity contribution in [3.05, 3.63) is 57.4 Å². The van der Waals surface area contributed by atoms with Crippen molar-refractivity contribution in [2.24, 2.45) is 5.73 Å². The lowest BCUT2D eigenvalue weighted by molar-refractivity contribution is 0.831. The number of rotatable bonds is 3. The highest BCUT2D eigenvalue weighted by Gasteiger charge is 2.16. The van der Waals surface area contributed by atoms with Crippen LogP contribution in [0.15, 0.2) is 36.4 Å². The number of aryl methyl sites for hydroxylation is 2. The van der Waals surface area contributed by atoms with Gasteiger partial charge in [0, 0.05) is 4.88 Å². The number of nitrogens with two attached hydrogens (primary N) is 1. The summed E-state index contributed by atoms with van der Waals surface area (Å²) in [6.45, 7) is 4.24. The maximum atomic E-state index is 6.25. The first-order chi connectivity index (χ1) is 9.65. The molecule has 2 aromatic heterocycles. The van der Waals surface area contributed by atoms with E-state index in [2.05, 4.69) is 30.1 Å². The topological polar surface area (TPSA) is 51.8 Å². The lowest BCUT2D eigenvalue weighted by Gasteiger charge is -2.06. The molecule has 1 unspecified atom stereocenters. The minimum absolute atomic E-state index is 0.204. The quantitative estimate of drug-likeness (QED) is 0.797. The molecule has 0 bridgehead atoms. The molecule has 0 fully saturated rings. The highest BCUT2D eigenvalue weighted by Crippen LogP contribution is 2.34. The van der Waals surface area contributed by atoms with Crippen molar-refractivity contribution in [1.82, 2.24) is 10.2 Å². The zero-order chi connectivity index (χ0) is 14.1. The van der Waals surface area contributed by atoms with Crippen LogP contribution in [-0.2, 0) is 0 Å². The van der Waals surface area contributed by atoms with Crippen molar-refractivity contribution in [3.63, 3.8) is 0 Å². The van der Waals surface area contributed by atoms with Crippen molar-refractivity contribution >= 4 is 22.7 Å². The van der Waals surface area contributed by atoms with E-state index in [-0.39, 0.29) is 6.04 Å². The summed E-state index contributed by atoms with van der Waals surface area (Å²) >= 11 is 3.33. The molecule has 2 heterocycles. The standard InChI is InChI=1S/C15H15N3S2/c1-9-8-12(19-10(9)2)14-17-18-15(20-14)13(16)11-6-4-3-5-7-11/h3-8,13H,16H2,1-2H3. The molecule has 0 aliphatic heterocycles. The van der Waals surface area contributed by atoms with Gasteiger partial charge in [-0.05, 0) is 31.0 Å². The number of nitrogens with zero attached hydrogens (tertiary/aromatic N) is 2. The Bertz CT molecular complexity index is 696. The fraction of sp³-hybridized carbons (Fsp3) is 0.200. The fourth-order valence-corrected chi connectivity index (χ4v) is 3.89. The number of hydrogen-bond acceptors (Lipinski definition) is 5. The molecule has 20 heavy (non-hydrogen) atoms. The lowest BCUT2D eigenvalue weighted by Crippen LogP contribution is -2.11.